The van der Waals surface area contributed by atoms with Crippen LogP contribution in [0.1, 0.15) is 28.3 Å². The van der Waals surface area contributed by atoms with Crippen LogP contribution < -0.4 is 10.1 Å². The van der Waals surface area contributed by atoms with E-state index in [-0.39, 0.29) is 6.04 Å². The van der Waals surface area contributed by atoms with Crippen molar-refractivity contribution in [2.75, 3.05) is 13.7 Å². The van der Waals surface area contributed by atoms with Crippen molar-refractivity contribution in [1.82, 2.24) is 5.32 Å². The lowest BCUT2D eigenvalue weighted by atomic mass is 9.89. The highest BCUT2D eigenvalue weighted by Crippen LogP contribution is 2.30. The Bertz CT molecular complexity index is 592. The van der Waals surface area contributed by atoms with E-state index in [1.54, 1.807) is 7.11 Å². The van der Waals surface area contributed by atoms with Crippen molar-refractivity contribution in [2.45, 2.75) is 19.4 Å². The molecule has 3 rings (SSSR count). The summed E-state index contributed by atoms with van der Waals surface area (Å²) in [6.45, 7) is 3.18. The van der Waals surface area contributed by atoms with Gasteiger partial charge in [0.1, 0.15) is 5.75 Å². The minimum atomic E-state index is 0.277. The first kappa shape index (κ1) is 12.2. The highest BCUT2D eigenvalue weighted by molar-refractivity contribution is 5.43. The highest BCUT2D eigenvalue weighted by atomic mass is 16.5. The van der Waals surface area contributed by atoms with Gasteiger partial charge in [-0.1, -0.05) is 35.9 Å². The molecule has 1 aliphatic heterocycles. The van der Waals surface area contributed by atoms with Gasteiger partial charge in [0.15, 0.2) is 0 Å². The molecule has 0 spiro atoms. The smallest absolute Gasteiger partial charge is 0.119 e. The minimum absolute atomic E-state index is 0.277. The topological polar surface area (TPSA) is 21.3 Å². The van der Waals surface area contributed by atoms with Crippen LogP contribution in [0.4, 0.5) is 0 Å². The maximum Gasteiger partial charge on any atom is 0.119 e. The molecule has 2 nitrogen and oxygen atoms in total. The number of rotatable bonds is 2. The van der Waals surface area contributed by atoms with Crippen molar-refractivity contribution in [1.29, 1.82) is 0 Å². The van der Waals surface area contributed by atoms with E-state index >= 15 is 0 Å². The van der Waals surface area contributed by atoms with Crippen LogP contribution in [-0.2, 0) is 6.42 Å². The highest BCUT2D eigenvalue weighted by Gasteiger charge is 2.21. The van der Waals surface area contributed by atoms with E-state index in [9.17, 15) is 0 Å². The maximum absolute atomic E-state index is 5.32. The second kappa shape index (κ2) is 5.06. The van der Waals surface area contributed by atoms with Gasteiger partial charge in [0.25, 0.3) is 0 Å². The number of fused-ring (bicyclic) bond motifs is 1. The van der Waals surface area contributed by atoms with E-state index < -0.39 is 0 Å². The molecule has 0 aromatic heterocycles. The van der Waals surface area contributed by atoms with Crippen LogP contribution in [0.3, 0.4) is 0 Å². The normalized spacial score (nSPS) is 17.9. The molecule has 1 unspecified atom stereocenters. The fraction of sp³-hybridized carbons (Fsp3) is 0.294. The van der Waals surface area contributed by atoms with Gasteiger partial charge in [0.2, 0.25) is 0 Å². The lowest BCUT2D eigenvalue weighted by Gasteiger charge is -2.28. The van der Waals surface area contributed by atoms with Crippen molar-refractivity contribution in [3.05, 3.63) is 64.7 Å². The standard InChI is InChI=1S/C17H19NO/c1-12-6-7-16-13(10-12)8-9-18-17(16)14-4-3-5-15(11-14)19-2/h3-7,10-11,17-18H,8-9H2,1-2H3. The summed E-state index contributed by atoms with van der Waals surface area (Å²) in [6.07, 6.45) is 1.11. The number of hydrogen-bond acceptors (Lipinski definition) is 2. The predicted octanol–water partition coefficient (Wildman–Crippen LogP) is 3.24. The lowest BCUT2D eigenvalue weighted by Crippen LogP contribution is -2.30. The average Bonchev–Trinajstić information content (AvgIpc) is 2.46. The van der Waals surface area contributed by atoms with Crippen LogP contribution >= 0.6 is 0 Å². The summed E-state index contributed by atoms with van der Waals surface area (Å²) < 4.78 is 5.32. The number of nitrogens with one attached hydrogen (secondary N) is 1. The quantitative estimate of drug-likeness (QED) is 0.887. The molecule has 1 atom stereocenters. The SMILES string of the molecule is COc1cccc(C2NCCc3cc(C)ccc32)c1. The van der Waals surface area contributed by atoms with Gasteiger partial charge in [-0.15, -0.1) is 0 Å². The van der Waals surface area contributed by atoms with E-state index in [0.29, 0.717) is 0 Å². The van der Waals surface area contributed by atoms with Gasteiger partial charge in [-0.2, -0.15) is 0 Å². The lowest BCUT2D eigenvalue weighted by molar-refractivity contribution is 0.413. The Labute approximate surface area is 114 Å². The number of ether oxygens (including phenoxy) is 1. The first-order valence-corrected chi connectivity index (χ1v) is 6.74. The molecule has 19 heavy (non-hydrogen) atoms. The van der Waals surface area contributed by atoms with E-state index in [2.05, 4.69) is 48.6 Å². The van der Waals surface area contributed by atoms with E-state index in [1.807, 2.05) is 6.07 Å². The summed E-state index contributed by atoms with van der Waals surface area (Å²) in [6, 6.07) is 15.4. The first-order valence-electron chi connectivity index (χ1n) is 6.74. The average molecular weight is 253 g/mol. The van der Waals surface area contributed by atoms with Gasteiger partial charge in [0.05, 0.1) is 13.2 Å². The zero-order chi connectivity index (χ0) is 13.2. The number of methoxy groups -OCH3 is 1. The molecule has 1 aliphatic rings. The summed E-state index contributed by atoms with van der Waals surface area (Å²) in [5, 5.41) is 3.61. The Kier molecular flexibility index (Phi) is 3.26. The molecule has 1 heterocycles. The fourth-order valence-electron chi connectivity index (χ4n) is 2.81. The second-order valence-corrected chi connectivity index (χ2v) is 5.12. The van der Waals surface area contributed by atoms with Gasteiger partial charge < -0.3 is 10.1 Å². The van der Waals surface area contributed by atoms with Crippen molar-refractivity contribution < 1.29 is 4.74 Å². The molecule has 0 fully saturated rings. The molecule has 0 radical (unpaired) electrons. The molecule has 0 aliphatic carbocycles. The minimum Gasteiger partial charge on any atom is -0.497 e. The molecular formula is C17H19NO. The van der Waals surface area contributed by atoms with Gasteiger partial charge >= 0.3 is 0 Å². The van der Waals surface area contributed by atoms with Crippen LogP contribution in [0, 0.1) is 6.92 Å². The largest absolute Gasteiger partial charge is 0.497 e. The third kappa shape index (κ3) is 2.36. The van der Waals surface area contributed by atoms with Crippen molar-refractivity contribution in [2.24, 2.45) is 0 Å². The first-order chi connectivity index (χ1) is 9.28. The van der Waals surface area contributed by atoms with E-state index in [0.717, 1.165) is 18.7 Å². The maximum atomic E-state index is 5.32. The molecule has 0 bridgehead atoms. The monoisotopic (exact) mass is 253 g/mol. The molecular weight excluding hydrogens is 234 g/mol. The molecule has 2 aromatic rings. The Morgan fingerprint density at radius 2 is 2.05 bits per heavy atom. The molecule has 2 aromatic carbocycles. The van der Waals surface area contributed by atoms with Crippen molar-refractivity contribution in [3.63, 3.8) is 0 Å². The van der Waals surface area contributed by atoms with Crippen LogP contribution in [0.25, 0.3) is 0 Å². The molecule has 2 heteroatoms. The molecule has 0 amide bonds. The second-order valence-electron chi connectivity index (χ2n) is 5.12. The Morgan fingerprint density at radius 3 is 2.89 bits per heavy atom. The summed E-state index contributed by atoms with van der Waals surface area (Å²) in [5.74, 6) is 0.915. The third-order valence-corrected chi connectivity index (χ3v) is 3.78. The Hall–Kier alpha value is -1.80. The number of benzene rings is 2. The van der Waals surface area contributed by atoms with Gasteiger partial charge in [0, 0.05) is 6.54 Å². The van der Waals surface area contributed by atoms with Gasteiger partial charge in [-0.3, -0.25) is 0 Å². The Morgan fingerprint density at radius 1 is 1.16 bits per heavy atom. The fourth-order valence-corrected chi connectivity index (χ4v) is 2.81. The number of aryl methyl sites for hydroxylation is 1. The molecule has 0 saturated carbocycles. The Balaban J connectivity index is 2.03. The van der Waals surface area contributed by atoms with Crippen LogP contribution in [0.5, 0.6) is 5.75 Å². The molecule has 98 valence electrons. The third-order valence-electron chi connectivity index (χ3n) is 3.78. The van der Waals surface area contributed by atoms with Gasteiger partial charge in [-0.05, 0) is 42.2 Å². The summed E-state index contributed by atoms with van der Waals surface area (Å²) >= 11 is 0. The van der Waals surface area contributed by atoms with Crippen LogP contribution in [0.15, 0.2) is 42.5 Å². The van der Waals surface area contributed by atoms with Crippen LogP contribution in [0.2, 0.25) is 0 Å². The van der Waals surface area contributed by atoms with Crippen molar-refractivity contribution >= 4 is 0 Å². The van der Waals surface area contributed by atoms with Crippen LogP contribution in [-0.4, -0.2) is 13.7 Å². The summed E-state index contributed by atoms with van der Waals surface area (Å²) in [7, 11) is 1.71. The van der Waals surface area contributed by atoms with E-state index in [4.69, 9.17) is 4.74 Å². The number of hydrogen-bond donors (Lipinski definition) is 1. The molecule has 1 N–H and O–H groups in total. The zero-order valence-electron chi connectivity index (χ0n) is 11.4. The summed E-state index contributed by atoms with van der Waals surface area (Å²) in [4.78, 5) is 0. The van der Waals surface area contributed by atoms with E-state index in [1.165, 1.54) is 22.3 Å². The van der Waals surface area contributed by atoms with Crippen molar-refractivity contribution in [3.8, 4) is 5.75 Å². The molecule has 0 saturated heterocycles. The van der Waals surface area contributed by atoms with Gasteiger partial charge in [-0.25, -0.2) is 0 Å². The predicted molar refractivity (Wildman–Crippen MR) is 77.7 cm³/mol. The zero-order valence-corrected chi connectivity index (χ0v) is 11.4. The summed E-state index contributed by atoms with van der Waals surface area (Å²) in [5.41, 5.74) is 5.46.